The zero-order chi connectivity index (χ0) is 13.8. The molecule has 0 radical (unpaired) electrons. The van der Waals surface area contributed by atoms with Gasteiger partial charge >= 0.3 is 5.69 Å². The van der Waals surface area contributed by atoms with Gasteiger partial charge in [0.1, 0.15) is 10.4 Å². The number of methoxy groups -OCH3 is 1. The zero-order valence-electron chi connectivity index (χ0n) is 9.87. The van der Waals surface area contributed by atoms with Crippen molar-refractivity contribution in [2.24, 2.45) is 0 Å². The van der Waals surface area contributed by atoms with Gasteiger partial charge in [0.15, 0.2) is 0 Å². The maximum Gasteiger partial charge on any atom is 0.315 e. The molecule has 0 aliphatic rings. The molecule has 0 spiro atoms. The number of aromatic nitrogens is 1. The van der Waals surface area contributed by atoms with Gasteiger partial charge in [0, 0.05) is 6.07 Å². The second kappa shape index (κ2) is 5.66. The Morgan fingerprint density at radius 2 is 2.11 bits per heavy atom. The molecule has 2 aromatic rings. The lowest BCUT2D eigenvalue weighted by Gasteiger charge is -2.07. The molecule has 1 heterocycles. The number of hydrogen-bond acceptors (Lipinski definition) is 5. The second-order valence-electron chi connectivity index (χ2n) is 3.49. The van der Waals surface area contributed by atoms with Gasteiger partial charge < -0.3 is 9.47 Å². The first-order valence-electron chi connectivity index (χ1n) is 5.23. The van der Waals surface area contributed by atoms with Crippen molar-refractivity contribution in [3.8, 4) is 17.4 Å². The van der Waals surface area contributed by atoms with Crippen LogP contribution < -0.4 is 9.47 Å². The SMILES string of the molecule is COc1ccc(Oc2cccc(Br)n2)c([N+](=O)[O-])c1. The standard InChI is InChI=1S/C12H9BrN2O4/c1-18-8-5-6-10(9(7-8)15(16)17)19-12-4-2-3-11(13)14-12/h2-7H,1H3. The molecule has 0 unspecified atom stereocenters. The summed E-state index contributed by atoms with van der Waals surface area (Å²) < 4.78 is 10.9. The number of halogens is 1. The number of nitrogens with zero attached hydrogens (tertiary/aromatic N) is 2. The summed E-state index contributed by atoms with van der Waals surface area (Å²) in [7, 11) is 1.44. The number of nitro groups is 1. The van der Waals surface area contributed by atoms with Crippen LogP contribution in [-0.4, -0.2) is 17.0 Å². The van der Waals surface area contributed by atoms with E-state index in [2.05, 4.69) is 20.9 Å². The minimum atomic E-state index is -0.532. The Kier molecular flexibility index (Phi) is 3.96. The van der Waals surface area contributed by atoms with E-state index in [9.17, 15) is 10.1 Å². The Bertz CT molecular complexity index is 618. The number of pyridine rings is 1. The molecular weight excluding hydrogens is 316 g/mol. The molecule has 98 valence electrons. The van der Waals surface area contributed by atoms with E-state index in [0.717, 1.165) is 0 Å². The van der Waals surface area contributed by atoms with Gasteiger partial charge in [-0.25, -0.2) is 4.98 Å². The fraction of sp³-hybridized carbons (Fsp3) is 0.0833. The second-order valence-corrected chi connectivity index (χ2v) is 4.30. The average Bonchev–Trinajstić information content (AvgIpc) is 2.39. The number of nitro benzene ring substituents is 1. The molecule has 7 heteroatoms. The quantitative estimate of drug-likeness (QED) is 0.488. The van der Waals surface area contributed by atoms with E-state index in [4.69, 9.17) is 9.47 Å². The Hall–Kier alpha value is -2.15. The molecule has 0 saturated carbocycles. The smallest absolute Gasteiger partial charge is 0.315 e. The third-order valence-corrected chi connectivity index (χ3v) is 2.71. The predicted molar refractivity (Wildman–Crippen MR) is 71.7 cm³/mol. The van der Waals surface area contributed by atoms with E-state index in [1.54, 1.807) is 24.3 Å². The number of benzene rings is 1. The third kappa shape index (κ3) is 3.19. The van der Waals surface area contributed by atoms with Crippen LogP contribution in [-0.2, 0) is 0 Å². The van der Waals surface area contributed by atoms with Gasteiger partial charge in [0.25, 0.3) is 0 Å². The molecule has 0 saturated heterocycles. The summed E-state index contributed by atoms with van der Waals surface area (Å²) in [4.78, 5) is 14.5. The lowest BCUT2D eigenvalue weighted by Crippen LogP contribution is -1.95. The molecule has 1 aromatic heterocycles. The van der Waals surface area contributed by atoms with Crippen molar-refractivity contribution in [2.75, 3.05) is 7.11 Å². The van der Waals surface area contributed by atoms with Crippen LogP contribution in [0.2, 0.25) is 0 Å². The Morgan fingerprint density at radius 1 is 1.32 bits per heavy atom. The van der Waals surface area contributed by atoms with Crippen molar-refractivity contribution in [1.29, 1.82) is 0 Å². The summed E-state index contributed by atoms with van der Waals surface area (Å²) in [5.74, 6) is 0.764. The van der Waals surface area contributed by atoms with E-state index in [1.807, 2.05) is 0 Å². The average molecular weight is 325 g/mol. The highest BCUT2D eigenvalue weighted by molar-refractivity contribution is 9.10. The van der Waals surface area contributed by atoms with Gasteiger partial charge in [0.05, 0.1) is 18.1 Å². The molecule has 1 aromatic carbocycles. The van der Waals surface area contributed by atoms with Gasteiger partial charge in [-0.3, -0.25) is 10.1 Å². The van der Waals surface area contributed by atoms with Crippen LogP contribution in [0, 0.1) is 10.1 Å². The molecule has 0 fully saturated rings. The molecule has 2 rings (SSSR count). The molecule has 0 N–H and O–H groups in total. The van der Waals surface area contributed by atoms with Crippen LogP contribution in [0.25, 0.3) is 0 Å². The van der Waals surface area contributed by atoms with Crippen molar-refractivity contribution in [3.05, 3.63) is 51.1 Å². The topological polar surface area (TPSA) is 74.5 Å². The van der Waals surface area contributed by atoms with Crippen molar-refractivity contribution < 1.29 is 14.4 Å². The van der Waals surface area contributed by atoms with E-state index in [1.165, 1.54) is 19.2 Å². The highest BCUT2D eigenvalue weighted by atomic mass is 79.9. The number of ether oxygens (including phenoxy) is 2. The molecule has 0 amide bonds. The molecule has 0 aliphatic carbocycles. The van der Waals surface area contributed by atoms with E-state index >= 15 is 0 Å². The van der Waals surface area contributed by atoms with Gasteiger partial charge in [-0.2, -0.15) is 0 Å². The summed E-state index contributed by atoms with van der Waals surface area (Å²) in [6.07, 6.45) is 0. The fourth-order valence-corrected chi connectivity index (χ4v) is 1.74. The van der Waals surface area contributed by atoms with Crippen molar-refractivity contribution >= 4 is 21.6 Å². The highest BCUT2D eigenvalue weighted by Crippen LogP contribution is 2.33. The summed E-state index contributed by atoms with van der Waals surface area (Å²) in [6, 6.07) is 9.42. The minimum absolute atomic E-state index is 0.108. The minimum Gasteiger partial charge on any atom is -0.496 e. The lowest BCUT2D eigenvalue weighted by atomic mass is 10.3. The first kappa shape index (κ1) is 13.3. The summed E-state index contributed by atoms with van der Waals surface area (Å²) >= 11 is 3.20. The molecule has 0 bridgehead atoms. The van der Waals surface area contributed by atoms with Gasteiger partial charge in [0.2, 0.25) is 11.6 Å². The Labute approximate surface area is 117 Å². The van der Waals surface area contributed by atoms with Crippen LogP contribution in [0.15, 0.2) is 41.0 Å². The summed E-state index contributed by atoms with van der Waals surface area (Å²) in [6.45, 7) is 0. The predicted octanol–water partition coefficient (Wildman–Crippen LogP) is 3.55. The highest BCUT2D eigenvalue weighted by Gasteiger charge is 2.17. The third-order valence-electron chi connectivity index (χ3n) is 2.27. The van der Waals surface area contributed by atoms with Crippen LogP contribution >= 0.6 is 15.9 Å². The monoisotopic (exact) mass is 324 g/mol. The first-order valence-corrected chi connectivity index (χ1v) is 6.02. The lowest BCUT2D eigenvalue weighted by molar-refractivity contribution is -0.385. The fourth-order valence-electron chi connectivity index (χ4n) is 1.41. The number of hydrogen-bond donors (Lipinski definition) is 0. The van der Waals surface area contributed by atoms with Crippen molar-refractivity contribution in [2.45, 2.75) is 0 Å². The zero-order valence-corrected chi connectivity index (χ0v) is 11.5. The first-order chi connectivity index (χ1) is 9.10. The molecule has 19 heavy (non-hydrogen) atoms. The Morgan fingerprint density at radius 3 is 2.74 bits per heavy atom. The molecular formula is C12H9BrN2O4. The maximum absolute atomic E-state index is 11.0. The van der Waals surface area contributed by atoms with E-state index in [0.29, 0.717) is 10.4 Å². The van der Waals surface area contributed by atoms with Gasteiger partial charge in [-0.05, 0) is 34.1 Å². The van der Waals surface area contributed by atoms with Crippen LogP contribution in [0.3, 0.4) is 0 Å². The molecule has 0 aliphatic heterocycles. The molecule has 0 atom stereocenters. The van der Waals surface area contributed by atoms with Crippen molar-refractivity contribution in [3.63, 3.8) is 0 Å². The molecule has 6 nitrogen and oxygen atoms in total. The summed E-state index contributed by atoms with van der Waals surface area (Å²) in [5.41, 5.74) is -0.180. The van der Waals surface area contributed by atoms with Gasteiger partial charge in [-0.1, -0.05) is 6.07 Å². The normalized spacial score (nSPS) is 10.0. The van der Waals surface area contributed by atoms with Gasteiger partial charge in [-0.15, -0.1) is 0 Å². The number of rotatable bonds is 4. The van der Waals surface area contributed by atoms with Crippen LogP contribution in [0.1, 0.15) is 0 Å². The Balaban J connectivity index is 2.36. The van der Waals surface area contributed by atoms with Crippen LogP contribution in [0.4, 0.5) is 5.69 Å². The van der Waals surface area contributed by atoms with E-state index in [-0.39, 0.29) is 17.3 Å². The van der Waals surface area contributed by atoms with E-state index < -0.39 is 4.92 Å². The summed E-state index contributed by atoms with van der Waals surface area (Å²) in [5, 5.41) is 11.0. The maximum atomic E-state index is 11.0. The van der Waals surface area contributed by atoms with Crippen LogP contribution in [0.5, 0.6) is 17.4 Å². The van der Waals surface area contributed by atoms with Crippen molar-refractivity contribution in [1.82, 2.24) is 4.98 Å². The largest absolute Gasteiger partial charge is 0.496 e.